The van der Waals surface area contributed by atoms with E-state index >= 15 is 0 Å². The van der Waals surface area contributed by atoms with Gasteiger partial charge in [-0.2, -0.15) is 0 Å². The Kier molecular flexibility index (Phi) is 7.10. The first-order valence-corrected chi connectivity index (χ1v) is 13.4. The van der Waals surface area contributed by atoms with Crippen LogP contribution in [0.25, 0.3) is 0 Å². The van der Waals surface area contributed by atoms with Crippen molar-refractivity contribution < 1.29 is 33.8 Å². The number of rotatable bonds is 7. The standard InChI is InChI=1S/C29H40O7/c1-6-7-8-25(34)36-29(24(33)16-35-18(3)30)12-10-21-20-13-17(2)22-14-19(31)9-11-27(22,4)26(20)23(32)15-28(21,29)5/h9,11,14,17,20-21,23,26,32H,6-8,10,12-13,15-16H2,1-5H3/t17-,20-,21-,23-,26+,27-,28-,29-/m0/s1. The lowest BCUT2D eigenvalue weighted by Gasteiger charge is -2.61. The van der Waals surface area contributed by atoms with Crippen molar-refractivity contribution in [1.82, 2.24) is 0 Å². The molecule has 0 spiro atoms. The van der Waals surface area contributed by atoms with Gasteiger partial charge in [-0.1, -0.05) is 45.8 Å². The zero-order chi connectivity index (χ0) is 26.5. The highest BCUT2D eigenvalue weighted by atomic mass is 16.6. The Balaban J connectivity index is 1.73. The van der Waals surface area contributed by atoms with Gasteiger partial charge < -0.3 is 14.6 Å². The second-order valence-corrected chi connectivity index (χ2v) is 11.9. The maximum absolute atomic E-state index is 13.7. The highest BCUT2D eigenvalue weighted by Crippen LogP contribution is 2.68. The summed E-state index contributed by atoms with van der Waals surface area (Å²) in [7, 11) is 0. The average molecular weight is 501 g/mol. The molecule has 7 nitrogen and oxygen atoms in total. The number of esters is 2. The molecular weight excluding hydrogens is 460 g/mol. The Morgan fingerprint density at radius 1 is 1.22 bits per heavy atom. The number of hydrogen-bond acceptors (Lipinski definition) is 7. The largest absolute Gasteiger partial charge is 0.458 e. The lowest BCUT2D eigenvalue weighted by atomic mass is 9.44. The van der Waals surface area contributed by atoms with Gasteiger partial charge in [-0.15, -0.1) is 0 Å². The van der Waals surface area contributed by atoms with Gasteiger partial charge in [-0.25, -0.2) is 0 Å². The van der Waals surface area contributed by atoms with E-state index in [9.17, 15) is 24.3 Å². The summed E-state index contributed by atoms with van der Waals surface area (Å²) < 4.78 is 11.2. The molecule has 0 bridgehead atoms. The van der Waals surface area contributed by atoms with Crippen molar-refractivity contribution in [1.29, 1.82) is 0 Å². The van der Waals surface area contributed by atoms with E-state index in [0.29, 0.717) is 25.7 Å². The van der Waals surface area contributed by atoms with Crippen molar-refractivity contribution in [2.24, 2.45) is 34.5 Å². The van der Waals surface area contributed by atoms with Gasteiger partial charge in [0.15, 0.2) is 18.0 Å². The van der Waals surface area contributed by atoms with Gasteiger partial charge in [0.25, 0.3) is 0 Å². The summed E-state index contributed by atoms with van der Waals surface area (Å²) in [4.78, 5) is 50.3. The molecule has 198 valence electrons. The molecule has 1 N–H and O–H groups in total. The third-order valence-electron chi connectivity index (χ3n) is 9.82. The molecule has 8 atom stereocenters. The first-order valence-electron chi connectivity index (χ1n) is 13.4. The third-order valence-corrected chi connectivity index (χ3v) is 9.82. The molecule has 0 aliphatic heterocycles. The molecule has 0 amide bonds. The molecule has 0 unspecified atom stereocenters. The molecule has 4 aliphatic carbocycles. The quantitative estimate of drug-likeness (QED) is 0.524. The van der Waals surface area contributed by atoms with Gasteiger partial charge in [0, 0.05) is 30.1 Å². The van der Waals surface area contributed by atoms with Gasteiger partial charge in [0.1, 0.15) is 0 Å². The predicted octanol–water partition coefficient (Wildman–Crippen LogP) is 4.12. The van der Waals surface area contributed by atoms with Crippen LogP contribution in [0.1, 0.15) is 79.6 Å². The zero-order valence-corrected chi connectivity index (χ0v) is 22.2. The van der Waals surface area contributed by atoms with E-state index in [0.717, 1.165) is 18.4 Å². The Morgan fingerprint density at radius 3 is 2.61 bits per heavy atom. The monoisotopic (exact) mass is 500 g/mol. The molecule has 4 aliphatic rings. The van der Waals surface area contributed by atoms with Gasteiger partial charge in [0.05, 0.1) is 6.10 Å². The van der Waals surface area contributed by atoms with Crippen LogP contribution >= 0.6 is 0 Å². The van der Waals surface area contributed by atoms with Crippen LogP contribution in [0.3, 0.4) is 0 Å². The van der Waals surface area contributed by atoms with Gasteiger partial charge in [-0.3, -0.25) is 19.2 Å². The molecule has 0 aromatic rings. The lowest BCUT2D eigenvalue weighted by molar-refractivity contribution is -0.202. The fraction of sp³-hybridized carbons (Fsp3) is 0.724. The first-order chi connectivity index (χ1) is 16.9. The van der Waals surface area contributed by atoms with Crippen LogP contribution < -0.4 is 0 Å². The fourth-order valence-corrected chi connectivity index (χ4v) is 8.27. The van der Waals surface area contributed by atoms with E-state index in [4.69, 9.17) is 9.47 Å². The van der Waals surface area contributed by atoms with E-state index < -0.39 is 46.9 Å². The highest BCUT2D eigenvalue weighted by molar-refractivity contribution is 6.01. The van der Waals surface area contributed by atoms with Gasteiger partial charge in [0.2, 0.25) is 5.78 Å². The maximum atomic E-state index is 13.7. The molecule has 0 heterocycles. The molecule has 4 rings (SSSR count). The summed E-state index contributed by atoms with van der Waals surface area (Å²) >= 11 is 0. The van der Waals surface area contributed by atoms with Crippen molar-refractivity contribution in [3.63, 3.8) is 0 Å². The van der Waals surface area contributed by atoms with Crippen LogP contribution in [-0.2, 0) is 28.7 Å². The van der Waals surface area contributed by atoms with E-state index in [2.05, 4.69) is 13.8 Å². The number of carbonyl (C=O) groups is 4. The number of Topliss-reactive ketones (excluding diaryl/α,β-unsaturated/α-hetero) is 1. The zero-order valence-electron chi connectivity index (χ0n) is 22.2. The first kappa shape index (κ1) is 26.8. The summed E-state index contributed by atoms with van der Waals surface area (Å²) in [6.45, 7) is 9.00. The number of hydrogen-bond donors (Lipinski definition) is 1. The molecule has 3 saturated carbocycles. The minimum Gasteiger partial charge on any atom is -0.458 e. The minimum absolute atomic E-state index is 0.0159. The molecule has 7 heteroatoms. The molecule has 3 fully saturated rings. The SMILES string of the molecule is CCCCC(=O)O[C@]1(C(=O)COC(C)=O)CC[C@H]2[C@@H]3C[C@H](C)C4=CC(=O)C=C[C@]4(C)[C@H]3[C@@H](O)C[C@@]21C. The van der Waals surface area contributed by atoms with Crippen LogP contribution in [-0.4, -0.2) is 46.9 Å². The topological polar surface area (TPSA) is 107 Å². The summed E-state index contributed by atoms with van der Waals surface area (Å²) in [5.41, 5.74) is -1.61. The molecule has 0 radical (unpaired) electrons. The normalized spacial score (nSPS) is 41.0. The second-order valence-electron chi connectivity index (χ2n) is 11.9. The second kappa shape index (κ2) is 9.55. The van der Waals surface area contributed by atoms with E-state index in [1.54, 1.807) is 12.2 Å². The number of allylic oxidation sites excluding steroid dienone is 4. The summed E-state index contributed by atoms with van der Waals surface area (Å²) in [5, 5.41) is 11.7. The van der Waals surface area contributed by atoms with Crippen molar-refractivity contribution in [2.45, 2.75) is 91.3 Å². The molecule has 0 aromatic carbocycles. The van der Waals surface area contributed by atoms with Crippen molar-refractivity contribution in [3.05, 3.63) is 23.8 Å². The van der Waals surface area contributed by atoms with Crippen LogP contribution in [0, 0.1) is 34.5 Å². The van der Waals surface area contributed by atoms with Crippen LogP contribution in [0.5, 0.6) is 0 Å². The van der Waals surface area contributed by atoms with Crippen LogP contribution in [0.4, 0.5) is 0 Å². The van der Waals surface area contributed by atoms with Crippen molar-refractivity contribution in [3.8, 4) is 0 Å². The van der Waals surface area contributed by atoms with Gasteiger partial charge >= 0.3 is 11.9 Å². The van der Waals surface area contributed by atoms with Crippen molar-refractivity contribution >= 4 is 23.5 Å². The lowest BCUT2D eigenvalue weighted by Crippen LogP contribution is -2.63. The Hall–Kier alpha value is -2.28. The number of fused-ring (bicyclic) bond motifs is 5. The van der Waals surface area contributed by atoms with E-state index in [1.165, 1.54) is 6.92 Å². The van der Waals surface area contributed by atoms with Crippen molar-refractivity contribution in [2.75, 3.05) is 6.61 Å². The number of ketones is 2. The number of aliphatic hydroxyl groups excluding tert-OH is 1. The summed E-state index contributed by atoms with van der Waals surface area (Å²) in [5.74, 6) is -1.23. The number of ether oxygens (including phenoxy) is 2. The summed E-state index contributed by atoms with van der Waals surface area (Å²) in [6, 6.07) is 0. The van der Waals surface area contributed by atoms with Crippen LogP contribution in [0.15, 0.2) is 23.8 Å². The molecule has 36 heavy (non-hydrogen) atoms. The van der Waals surface area contributed by atoms with Gasteiger partial charge in [-0.05, 0) is 62.0 Å². The fourth-order valence-electron chi connectivity index (χ4n) is 8.27. The maximum Gasteiger partial charge on any atom is 0.306 e. The van der Waals surface area contributed by atoms with Crippen LogP contribution in [0.2, 0.25) is 0 Å². The minimum atomic E-state index is -1.44. The summed E-state index contributed by atoms with van der Waals surface area (Å²) in [6.07, 6.45) is 8.39. The Morgan fingerprint density at radius 2 is 1.94 bits per heavy atom. The van der Waals surface area contributed by atoms with E-state index in [-0.39, 0.29) is 35.9 Å². The number of carbonyl (C=O) groups excluding carboxylic acids is 4. The molecular formula is C29H40O7. The molecule has 0 aromatic heterocycles. The third kappa shape index (κ3) is 4.07. The number of aliphatic hydroxyl groups is 1. The smallest absolute Gasteiger partial charge is 0.306 e. The Labute approximate surface area is 213 Å². The average Bonchev–Trinajstić information content (AvgIpc) is 3.09. The van der Waals surface area contributed by atoms with E-state index in [1.807, 2.05) is 19.9 Å². The predicted molar refractivity (Wildman–Crippen MR) is 133 cm³/mol. The highest BCUT2D eigenvalue weighted by Gasteiger charge is 2.70. The number of unbranched alkanes of at least 4 members (excludes halogenated alkanes) is 1. The Bertz CT molecular complexity index is 1010. The molecule has 0 saturated heterocycles.